The summed E-state index contributed by atoms with van der Waals surface area (Å²) >= 11 is 25.3. The van der Waals surface area contributed by atoms with E-state index in [9.17, 15) is 9.59 Å². The second-order valence-electron chi connectivity index (χ2n) is 8.72. The smallest absolute Gasteiger partial charge is 0.269 e. The van der Waals surface area contributed by atoms with Crippen LogP contribution in [0.25, 0.3) is 0 Å². The van der Waals surface area contributed by atoms with Crippen molar-refractivity contribution in [1.29, 1.82) is 0 Å². The van der Waals surface area contributed by atoms with E-state index in [1.54, 1.807) is 36.4 Å². The molecule has 0 aliphatic carbocycles. The van der Waals surface area contributed by atoms with Gasteiger partial charge in [-0.25, -0.2) is 4.99 Å². The zero-order valence-electron chi connectivity index (χ0n) is 19.8. The van der Waals surface area contributed by atoms with E-state index < -0.39 is 18.0 Å². The number of ether oxygens (including phenoxy) is 2. The molecule has 38 heavy (non-hydrogen) atoms. The van der Waals surface area contributed by atoms with E-state index in [4.69, 9.17) is 55.9 Å². The third-order valence-electron chi connectivity index (χ3n) is 6.09. The topological polar surface area (TPSA) is 89.0 Å². The number of carbonyl (C=O) groups is 2. The molecule has 11 heteroatoms. The molecule has 0 saturated carbocycles. The maximum absolute atomic E-state index is 13.4. The van der Waals surface area contributed by atoms with E-state index in [-0.39, 0.29) is 28.3 Å². The summed E-state index contributed by atoms with van der Waals surface area (Å²) in [5.74, 6) is -0.837. The second kappa shape index (κ2) is 11.5. The van der Waals surface area contributed by atoms with Gasteiger partial charge in [-0.3, -0.25) is 9.59 Å². The third-order valence-corrected chi connectivity index (χ3v) is 7.14. The fourth-order valence-electron chi connectivity index (χ4n) is 4.29. The minimum atomic E-state index is -1.32. The third kappa shape index (κ3) is 5.77. The average molecular weight is 593 g/mol. The molecule has 2 amide bonds. The van der Waals surface area contributed by atoms with Crippen molar-refractivity contribution >= 4 is 69.6 Å². The molecule has 5 rings (SSSR count). The first kappa shape index (κ1) is 26.8. The van der Waals surface area contributed by atoms with Crippen LogP contribution in [0.15, 0.2) is 59.6 Å². The number of aliphatic imine (C=N–C) groups is 1. The van der Waals surface area contributed by atoms with Crippen molar-refractivity contribution in [3.63, 3.8) is 0 Å². The number of nitrogens with one attached hydrogen (secondary N) is 2. The van der Waals surface area contributed by atoms with Crippen molar-refractivity contribution in [2.75, 3.05) is 18.5 Å². The molecule has 0 aromatic heterocycles. The zero-order chi connectivity index (χ0) is 26.8. The van der Waals surface area contributed by atoms with Gasteiger partial charge in [-0.1, -0.05) is 64.6 Å². The van der Waals surface area contributed by atoms with Crippen LogP contribution in [-0.2, 0) is 9.53 Å². The molecule has 1 fully saturated rings. The Balaban J connectivity index is 1.50. The van der Waals surface area contributed by atoms with Gasteiger partial charge in [-0.05, 0) is 49.2 Å². The molecule has 2 heterocycles. The molecular formula is C27H21Cl4N3O4. The number of anilines is 1. The van der Waals surface area contributed by atoms with Crippen LogP contribution in [0.5, 0.6) is 5.75 Å². The Labute approximate surface area is 239 Å². The van der Waals surface area contributed by atoms with E-state index in [1.165, 1.54) is 18.2 Å². The number of hydrogen-bond acceptors (Lipinski definition) is 5. The van der Waals surface area contributed by atoms with Gasteiger partial charge in [0.25, 0.3) is 11.8 Å². The Bertz CT molecular complexity index is 1420. The Kier molecular flexibility index (Phi) is 8.12. The van der Waals surface area contributed by atoms with E-state index in [2.05, 4.69) is 15.6 Å². The molecule has 196 valence electrons. The number of carbonyl (C=O) groups excluding carboxylic acids is 2. The van der Waals surface area contributed by atoms with Gasteiger partial charge in [0.05, 0.1) is 33.1 Å². The van der Waals surface area contributed by atoms with Crippen LogP contribution in [0.1, 0.15) is 34.3 Å². The summed E-state index contributed by atoms with van der Waals surface area (Å²) in [6.07, 6.45) is 0.473. The molecule has 2 unspecified atom stereocenters. The quantitative estimate of drug-likeness (QED) is 0.346. The average Bonchev–Trinajstić information content (AvgIpc) is 3.36. The molecule has 0 radical (unpaired) electrons. The summed E-state index contributed by atoms with van der Waals surface area (Å²) in [7, 11) is 0. The van der Waals surface area contributed by atoms with Crippen LogP contribution in [0.4, 0.5) is 5.69 Å². The molecule has 2 aliphatic rings. The monoisotopic (exact) mass is 591 g/mol. The van der Waals surface area contributed by atoms with Crippen LogP contribution in [0.3, 0.4) is 0 Å². The van der Waals surface area contributed by atoms with Crippen molar-refractivity contribution in [2.24, 2.45) is 4.99 Å². The molecule has 7 nitrogen and oxygen atoms in total. The number of halogens is 4. The number of para-hydroxylation sites is 1. The Morgan fingerprint density at radius 3 is 2.55 bits per heavy atom. The highest BCUT2D eigenvalue weighted by Gasteiger charge is 2.30. The van der Waals surface area contributed by atoms with Gasteiger partial charge in [0.2, 0.25) is 6.17 Å². The molecule has 2 aliphatic heterocycles. The highest BCUT2D eigenvalue weighted by atomic mass is 35.5. The van der Waals surface area contributed by atoms with E-state index in [0.717, 1.165) is 12.8 Å². The number of fused-ring (bicyclic) bond motifs is 1. The molecule has 3 aromatic carbocycles. The summed E-state index contributed by atoms with van der Waals surface area (Å²) in [5, 5.41) is 6.67. The van der Waals surface area contributed by atoms with Crippen molar-refractivity contribution in [1.82, 2.24) is 5.32 Å². The van der Waals surface area contributed by atoms with E-state index in [1.807, 2.05) is 0 Å². The summed E-state index contributed by atoms with van der Waals surface area (Å²) in [4.78, 5) is 31.2. The first-order valence-corrected chi connectivity index (χ1v) is 13.3. The minimum Gasteiger partial charge on any atom is -0.490 e. The number of nitrogens with zero attached hydrogens (tertiary/aromatic N) is 1. The zero-order valence-corrected chi connectivity index (χ0v) is 22.8. The molecule has 3 aromatic rings. The van der Waals surface area contributed by atoms with Gasteiger partial charge >= 0.3 is 0 Å². The van der Waals surface area contributed by atoms with Crippen molar-refractivity contribution in [3.8, 4) is 5.75 Å². The highest BCUT2D eigenvalue weighted by Crippen LogP contribution is 2.34. The number of benzodiazepines with no additional fused rings is 1. The van der Waals surface area contributed by atoms with Crippen molar-refractivity contribution < 1.29 is 19.1 Å². The largest absolute Gasteiger partial charge is 0.490 e. The molecule has 0 bridgehead atoms. The van der Waals surface area contributed by atoms with Gasteiger partial charge in [-0.2, -0.15) is 0 Å². The maximum Gasteiger partial charge on any atom is 0.269 e. The van der Waals surface area contributed by atoms with Crippen LogP contribution in [0, 0.1) is 0 Å². The van der Waals surface area contributed by atoms with Crippen LogP contribution >= 0.6 is 46.4 Å². The Hall–Kier alpha value is -2.81. The number of rotatable bonds is 6. The lowest BCUT2D eigenvalue weighted by molar-refractivity contribution is -0.117. The lowest BCUT2D eigenvalue weighted by atomic mass is 10.0. The Morgan fingerprint density at radius 1 is 1.05 bits per heavy atom. The normalized spacial score (nSPS) is 18.7. The predicted octanol–water partition coefficient (Wildman–Crippen LogP) is 6.40. The van der Waals surface area contributed by atoms with E-state index in [0.29, 0.717) is 44.9 Å². The van der Waals surface area contributed by atoms with Crippen LogP contribution < -0.4 is 15.4 Å². The maximum atomic E-state index is 13.4. The highest BCUT2D eigenvalue weighted by molar-refractivity contribution is 6.44. The summed E-state index contributed by atoms with van der Waals surface area (Å²) in [5.41, 5.74) is 1.91. The van der Waals surface area contributed by atoms with Crippen LogP contribution in [-0.4, -0.2) is 43.0 Å². The summed E-state index contributed by atoms with van der Waals surface area (Å²) < 4.78 is 11.5. The lowest BCUT2D eigenvalue weighted by Gasteiger charge is -2.17. The molecule has 2 atom stereocenters. The number of hydrogen-bond donors (Lipinski definition) is 2. The van der Waals surface area contributed by atoms with Crippen molar-refractivity contribution in [3.05, 3.63) is 91.4 Å². The van der Waals surface area contributed by atoms with Gasteiger partial charge < -0.3 is 20.1 Å². The summed E-state index contributed by atoms with van der Waals surface area (Å²) in [6, 6.07) is 14.8. The first-order valence-electron chi connectivity index (χ1n) is 11.8. The van der Waals surface area contributed by atoms with Crippen LogP contribution in [0.2, 0.25) is 20.1 Å². The number of benzene rings is 3. The molecular weight excluding hydrogens is 572 g/mol. The predicted molar refractivity (Wildman–Crippen MR) is 149 cm³/mol. The fraction of sp³-hybridized carbons (Fsp3) is 0.222. The van der Waals surface area contributed by atoms with Crippen molar-refractivity contribution in [2.45, 2.75) is 25.1 Å². The molecule has 2 N–H and O–H groups in total. The summed E-state index contributed by atoms with van der Waals surface area (Å²) in [6.45, 7) is 0.972. The van der Waals surface area contributed by atoms with E-state index >= 15 is 0 Å². The lowest BCUT2D eigenvalue weighted by Crippen LogP contribution is -2.42. The Morgan fingerprint density at radius 2 is 1.82 bits per heavy atom. The van der Waals surface area contributed by atoms with Gasteiger partial charge in [0.15, 0.2) is 0 Å². The fourth-order valence-corrected chi connectivity index (χ4v) is 5.46. The first-order chi connectivity index (χ1) is 18.3. The minimum absolute atomic E-state index is 0.0474. The SMILES string of the molecule is O=C(NC1N=C(c2c(Cl)cc(Cl)cc2Cl)c2ccccc2NC1=O)c1cc(Cl)ccc1OCC1CCCO1. The molecule has 1 saturated heterocycles. The molecule has 0 spiro atoms. The van der Waals surface area contributed by atoms with Gasteiger partial charge in [0.1, 0.15) is 12.4 Å². The number of amides is 2. The second-order valence-corrected chi connectivity index (χ2v) is 10.4. The van der Waals surface area contributed by atoms with Gasteiger partial charge in [-0.15, -0.1) is 0 Å². The standard InChI is InChI=1S/C27H21Cl4N3O4/c28-14-7-8-22(38-13-16-4-3-9-37-16)18(10-14)26(35)34-25-27(36)32-21-6-2-1-5-17(21)24(33-25)23-19(30)11-15(29)12-20(23)31/h1-2,5-8,10-12,16,25H,3-4,9,13H2,(H,32,36)(H,34,35). The van der Waals surface area contributed by atoms with Gasteiger partial charge in [0, 0.05) is 27.8 Å².